The topological polar surface area (TPSA) is 33.0 Å². The minimum atomic E-state index is -0.515. The molecule has 0 bridgehead atoms. The number of nitriles is 1. The molecule has 1 rings (SSSR count). The number of hydrogen-bond acceptors (Lipinski definition) is 2. The number of methoxy groups -OCH3 is 1. The van der Waals surface area contributed by atoms with Crippen molar-refractivity contribution in [2.45, 2.75) is 6.61 Å². The van der Waals surface area contributed by atoms with Gasteiger partial charge in [0.2, 0.25) is 0 Å². The lowest BCUT2D eigenvalue weighted by Gasteiger charge is -2.05. The molecule has 0 heterocycles. The van der Waals surface area contributed by atoms with E-state index in [0.717, 1.165) is 0 Å². The van der Waals surface area contributed by atoms with Gasteiger partial charge < -0.3 is 4.74 Å². The fraction of sp³-hybridized carbons (Fsp3) is 0.222. The second kappa shape index (κ2) is 4.35. The quantitative estimate of drug-likeness (QED) is 0.801. The van der Waals surface area contributed by atoms with Gasteiger partial charge in [-0.05, 0) is 12.1 Å². The van der Waals surface area contributed by atoms with Crippen molar-refractivity contribution in [2.24, 2.45) is 0 Å². The molecule has 0 N–H and O–H groups in total. The predicted octanol–water partition coefficient (Wildman–Crippen LogP) is 2.61. The van der Waals surface area contributed by atoms with Crippen LogP contribution in [0.25, 0.3) is 0 Å². The zero-order chi connectivity index (χ0) is 9.84. The Kier molecular flexibility index (Phi) is 3.40. The Morgan fingerprint density at radius 2 is 2.31 bits per heavy atom. The van der Waals surface area contributed by atoms with Crippen LogP contribution in [0.1, 0.15) is 11.1 Å². The van der Waals surface area contributed by atoms with Crippen LogP contribution in [0.5, 0.6) is 0 Å². The zero-order valence-electron chi connectivity index (χ0n) is 6.97. The van der Waals surface area contributed by atoms with Crippen LogP contribution in [0.4, 0.5) is 4.39 Å². The van der Waals surface area contributed by atoms with Gasteiger partial charge in [0, 0.05) is 17.1 Å². The lowest BCUT2D eigenvalue weighted by Crippen LogP contribution is -1.97. The van der Waals surface area contributed by atoms with Crippen LogP contribution in [0.15, 0.2) is 16.6 Å². The average molecular weight is 244 g/mol. The van der Waals surface area contributed by atoms with Gasteiger partial charge in [-0.1, -0.05) is 15.9 Å². The molecule has 0 radical (unpaired) electrons. The SMILES string of the molecule is COCc1c(Br)ccc(C#N)c1F. The van der Waals surface area contributed by atoms with Crippen molar-refractivity contribution in [1.82, 2.24) is 0 Å². The minimum absolute atomic E-state index is 0.0373. The number of nitrogens with zero attached hydrogens (tertiary/aromatic N) is 1. The van der Waals surface area contributed by atoms with E-state index in [9.17, 15) is 4.39 Å². The van der Waals surface area contributed by atoms with E-state index in [4.69, 9.17) is 10.00 Å². The summed E-state index contributed by atoms with van der Waals surface area (Å²) in [7, 11) is 1.48. The smallest absolute Gasteiger partial charge is 0.147 e. The predicted molar refractivity (Wildman–Crippen MR) is 49.5 cm³/mol. The molecule has 0 aliphatic rings. The molecule has 2 nitrogen and oxygen atoms in total. The average Bonchev–Trinajstić information content (AvgIpc) is 2.12. The Hall–Kier alpha value is -0.920. The maximum atomic E-state index is 13.4. The van der Waals surface area contributed by atoms with Crippen molar-refractivity contribution in [2.75, 3.05) is 7.11 Å². The van der Waals surface area contributed by atoms with Crippen molar-refractivity contribution >= 4 is 15.9 Å². The van der Waals surface area contributed by atoms with Gasteiger partial charge in [-0.2, -0.15) is 5.26 Å². The molecule has 13 heavy (non-hydrogen) atoms. The molecular weight excluding hydrogens is 237 g/mol. The standard InChI is InChI=1S/C9H7BrFNO/c1-13-5-7-8(10)3-2-6(4-12)9(7)11/h2-3H,5H2,1H3. The van der Waals surface area contributed by atoms with Crippen molar-refractivity contribution in [1.29, 1.82) is 5.26 Å². The highest BCUT2D eigenvalue weighted by molar-refractivity contribution is 9.10. The summed E-state index contributed by atoms with van der Waals surface area (Å²) < 4.78 is 18.8. The Labute approximate surface area is 84.1 Å². The molecule has 1 aromatic rings. The Morgan fingerprint density at radius 1 is 1.62 bits per heavy atom. The largest absolute Gasteiger partial charge is 0.380 e. The summed E-state index contributed by atoms with van der Waals surface area (Å²) in [5, 5.41) is 8.56. The van der Waals surface area contributed by atoms with E-state index >= 15 is 0 Å². The second-order valence-electron chi connectivity index (χ2n) is 2.43. The molecule has 0 unspecified atom stereocenters. The van der Waals surface area contributed by atoms with E-state index in [1.807, 2.05) is 0 Å². The zero-order valence-corrected chi connectivity index (χ0v) is 8.56. The number of halogens is 2. The molecule has 0 amide bonds. The molecule has 0 aliphatic heterocycles. The summed E-state index contributed by atoms with van der Waals surface area (Å²) in [4.78, 5) is 0. The highest BCUT2D eigenvalue weighted by atomic mass is 79.9. The maximum absolute atomic E-state index is 13.4. The number of hydrogen-bond donors (Lipinski definition) is 0. The molecule has 0 atom stereocenters. The molecule has 0 saturated heterocycles. The highest BCUT2D eigenvalue weighted by Gasteiger charge is 2.10. The summed E-state index contributed by atoms with van der Waals surface area (Å²) in [5.41, 5.74) is 0.414. The maximum Gasteiger partial charge on any atom is 0.147 e. The first-order chi connectivity index (χ1) is 6.20. The van der Waals surface area contributed by atoms with Crippen LogP contribution in [-0.4, -0.2) is 7.11 Å². The molecule has 0 fully saturated rings. The molecule has 4 heteroatoms. The van der Waals surface area contributed by atoms with Crippen molar-refractivity contribution in [3.05, 3.63) is 33.5 Å². The normalized spacial score (nSPS) is 9.69. The van der Waals surface area contributed by atoms with E-state index in [1.54, 1.807) is 12.1 Å². The summed E-state index contributed by atoms with van der Waals surface area (Å²) in [6.07, 6.45) is 0. The van der Waals surface area contributed by atoms with Gasteiger partial charge >= 0.3 is 0 Å². The molecular formula is C9H7BrFNO. The van der Waals surface area contributed by atoms with E-state index in [-0.39, 0.29) is 12.2 Å². The number of ether oxygens (including phenoxy) is 1. The third-order valence-corrected chi connectivity index (χ3v) is 2.34. The Morgan fingerprint density at radius 3 is 2.85 bits per heavy atom. The monoisotopic (exact) mass is 243 g/mol. The molecule has 0 saturated carbocycles. The van der Waals surface area contributed by atoms with E-state index in [0.29, 0.717) is 10.0 Å². The third kappa shape index (κ3) is 2.06. The molecule has 68 valence electrons. The van der Waals surface area contributed by atoms with Crippen LogP contribution in [0.2, 0.25) is 0 Å². The highest BCUT2D eigenvalue weighted by Crippen LogP contribution is 2.22. The van der Waals surface area contributed by atoms with Crippen LogP contribution < -0.4 is 0 Å². The molecule has 1 aromatic carbocycles. The van der Waals surface area contributed by atoms with E-state index in [2.05, 4.69) is 15.9 Å². The van der Waals surface area contributed by atoms with Gasteiger partial charge in [0.05, 0.1) is 12.2 Å². The summed E-state index contributed by atoms with van der Waals surface area (Å²) >= 11 is 3.18. The molecule has 0 aromatic heterocycles. The van der Waals surface area contributed by atoms with Gasteiger partial charge in [0.15, 0.2) is 0 Å². The summed E-state index contributed by atoms with van der Waals surface area (Å²) in [5.74, 6) is -0.515. The summed E-state index contributed by atoms with van der Waals surface area (Å²) in [6.45, 7) is 0.155. The summed E-state index contributed by atoms with van der Waals surface area (Å²) in [6, 6.07) is 4.83. The number of benzene rings is 1. The lowest BCUT2D eigenvalue weighted by molar-refractivity contribution is 0.181. The second-order valence-corrected chi connectivity index (χ2v) is 3.29. The van der Waals surface area contributed by atoms with Crippen LogP contribution in [0.3, 0.4) is 0 Å². The van der Waals surface area contributed by atoms with Gasteiger partial charge in [0.1, 0.15) is 11.9 Å². The van der Waals surface area contributed by atoms with E-state index < -0.39 is 5.82 Å². The minimum Gasteiger partial charge on any atom is -0.380 e. The van der Waals surface area contributed by atoms with Gasteiger partial charge in [-0.25, -0.2) is 4.39 Å². The van der Waals surface area contributed by atoms with Crippen molar-refractivity contribution < 1.29 is 9.13 Å². The van der Waals surface area contributed by atoms with Crippen LogP contribution in [0, 0.1) is 17.1 Å². The first kappa shape index (κ1) is 10.2. The Balaban J connectivity index is 3.23. The first-order valence-corrected chi connectivity index (χ1v) is 4.36. The first-order valence-electron chi connectivity index (χ1n) is 3.56. The number of rotatable bonds is 2. The molecule has 0 spiro atoms. The molecule has 0 aliphatic carbocycles. The Bertz CT molecular complexity index is 359. The van der Waals surface area contributed by atoms with Crippen LogP contribution in [-0.2, 0) is 11.3 Å². The van der Waals surface area contributed by atoms with Gasteiger partial charge in [0.25, 0.3) is 0 Å². The van der Waals surface area contributed by atoms with Crippen molar-refractivity contribution in [3.8, 4) is 6.07 Å². The van der Waals surface area contributed by atoms with Crippen LogP contribution >= 0.6 is 15.9 Å². The third-order valence-electron chi connectivity index (χ3n) is 1.60. The van der Waals surface area contributed by atoms with Gasteiger partial charge in [-0.3, -0.25) is 0 Å². The van der Waals surface area contributed by atoms with E-state index in [1.165, 1.54) is 13.2 Å². The van der Waals surface area contributed by atoms with Gasteiger partial charge in [-0.15, -0.1) is 0 Å². The lowest BCUT2D eigenvalue weighted by atomic mass is 10.1. The fourth-order valence-corrected chi connectivity index (χ4v) is 1.38. The van der Waals surface area contributed by atoms with Crippen molar-refractivity contribution in [3.63, 3.8) is 0 Å². The fourth-order valence-electron chi connectivity index (χ4n) is 0.961.